The summed E-state index contributed by atoms with van der Waals surface area (Å²) in [5, 5.41) is 0. The lowest BCUT2D eigenvalue weighted by molar-refractivity contribution is 0.577. The third kappa shape index (κ3) is 3.37. The number of halogens is 1. The fourth-order valence-corrected chi connectivity index (χ4v) is 3.07. The Morgan fingerprint density at radius 3 is 2.76 bits per heavy atom. The normalized spacial score (nSPS) is 11.5. The van der Waals surface area contributed by atoms with Crippen molar-refractivity contribution in [3.8, 4) is 0 Å². The van der Waals surface area contributed by atoms with Crippen LogP contribution in [0, 0.1) is 5.82 Å². The molecule has 0 saturated carbocycles. The fourth-order valence-electron chi connectivity index (χ4n) is 1.95. The largest absolute Gasteiger partial charge is 0.395 e. The molecule has 2 aromatic rings. The van der Waals surface area contributed by atoms with Gasteiger partial charge in [0.2, 0.25) is 10.0 Å². The topological polar surface area (TPSA) is 85.1 Å². The predicted molar refractivity (Wildman–Crippen MR) is 78.5 cm³/mol. The van der Waals surface area contributed by atoms with Crippen molar-refractivity contribution in [3.05, 3.63) is 53.6 Å². The van der Waals surface area contributed by atoms with E-state index in [1.165, 1.54) is 12.1 Å². The van der Waals surface area contributed by atoms with Gasteiger partial charge in [-0.25, -0.2) is 17.5 Å². The van der Waals surface area contributed by atoms with E-state index in [-0.39, 0.29) is 17.1 Å². The van der Waals surface area contributed by atoms with Crippen molar-refractivity contribution >= 4 is 15.7 Å². The number of para-hydroxylation sites is 1. The van der Waals surface area contributed by atoms with Crippen LogP contribution in [0.5, 0.6) is 0 Å². The van der Waals surface area contributed by atoms with Crippen molar-refractivity contribution in [1.82, 2.24) is 9.71 Å². The van der Waals surface area contributed by atoms with E-state index < -0.39 is 15.8 Å². The quantitative estimate of drug-likeness (QED) is 0.825. The lowest BCUT2D eigenvalue weighted by Crippen LogP contribution is -2.25. The van der Waals surface area contributed by atoms with Gasteiger partial charge in [0.05, 0.1) is 17.9 Å². The van der Waals surface area contributed by atoms with E-state index in [2.05, 4.69) is 9.71 Å². The number of hydrogen-bond donors (Lipinski definition) is 2. The number of aromatic nitrogens is 1. The first-order valence-corrected chi connectivity index (χ1v) is 7.90. The number of nitrogens with zero attached hydrogens (tertiary/aromatic N) is 1. The Labute approximate surface area is 123 Å². The summed E-state index contributed by atoms with van der Waals surface area (Å²) in [6.07, 6.45) is 2.34. The van der Waals surface area contributed by atoms with Crippen molar-refractivity contribution < 1.29 is 12.8 Å². The molecule has 2 rings (SSSR count). The second-order valence-corrected chi connectivity index (χ2v) is 6.17. The predicted octanol–water partition coefficient (Wildman–Crippen LogP) is 1.84. The molecule has 0 aliphatic heterocycles. The number of sulfonamides is 1. The molecule has 0 aliphatic rings. The van der Waals surface area contributed by atoms with Crippen molar-refractivity contribution in [2.24, 2.45) is 0 Å². The second-order valence-electron chi connectivity index (χ2n) is 4.44. The van der Waals surface area contributed by atoms with Crippen molar-refractivity contribution in [1.29, 1.82) is 0 Å². The van der Waals surface area contributed by atoms with Gasteiger partial charge in [0.25, 0.3) is 0 Å². The third-order valence-electron chi connectivity index (χ3n) is 3.10. The summed E-state index contributed by atoms with van der Waals surface area (Å²) in [6, 6.07) is 7.36. The number of benzene rings is 1. The fraction of sp³-hybridized carbons (Fsp3) is 0.214. The van der Waals surface area contributed by atoms with Crippen LogP contribution in [0.2, 0.25) is 0 Å². The minimum Gasteiger partial charge on any atom is -0.395 e. The number of nitrogens with one attached hydrogen (secondary N) is 1. The van der Waals surface area contributed by atoms with Crippen LogP contribution in [0.4, 0.5) is 10.1 Å². The molecule has 0 unspecified atom stereocenters. The summed E-state index contributed by atoms with van der Waals surface area (Å²) >= 11 is 0. The maximum atomic E-state index is 13.4. The maximum absolute atomic E-state index is 13.4. The highest BCUT2D eigenvalue weighted by Crippen LogP contribution is 2.21. The van der Waals surface area contributed by atoms with Crippen molar-refractivity contribution in [3.63, 3.8) is 0 Å². The number of rotatable bonds is 5. The molecule has 0 saturated heterocycles. The standard InChI is InChI=1S/C14H16FN3O2S/c1-2-10-5-4-8-17-12(10)9-18-21(19,20)13-7-3-6-11(15)14(13)16/h3-8,18H,2,9,16H2,1H3. The van der Waals surface area contributed by atoms with Gasteiger partial charge < -0.3 is 5.73 Å². The van der Waals surface area contributed by atoms with Crippen LogP contribution in [0.1, 0.15) is 18.2 Å². The van der Waals surface area contributed by atoms with E-state index in [1.54, 1.807) is 12.3 Å². The number of nitrogens with two attached hydrogens (primary N) is 1. The highest BCUT2D eigenvalue weighted by Gasteiger charge is 2.19. The smallest absolute Gasteiger partial charge is 0.243 e. The Balaban J connectivity index is 2.24. The summed E-state index contributed by atoms with van der Waals surface area (Å²) in [4.78, 5) is 3.89. The monoisotopic (exact) mass is 309 g/mol. The van der Waals surface area contributed by atoms with E-state index in [4.69, 9.17) is 5.73 Å². The SMILES string of the molecule is CCc1cccnc1CNS(=O)(=O)c1cccc(F)c1N. The van der Waals surface area contributed by atoms with Gasteiger partial charge >= 0.3 is 0 Å². The molecular formula is C14H16FN3O2S. The molecule has 3 N–H and O–H groups in total. The van der Waals surface area contributed by atoms with Gasteiger partial charge in [-0.2, -0.15) is 0 Å². The first-order chi connectivity index (χ1) is 9.95. The van der Waals surface area contributed by atoms with Crippen LogP contribution in [-0.4, -0.2) is 13.4 Å². The number of pyridine rings is 1. The van der Waals surface area contributed by atoms with E-state index >= 15 is 0 Å². The average Bonchev–Trinajstić information content (AvgIpc) is 2.48. The number of hydrogen-bond acceptors (Lipinski definition) is 4. The third-order valence-corrected chi connectivity index (χ3v) is 4.56. The summed E-state index contributed by atoms with van der Waals surface area (Å²) in [5.41, 5.74) is 6.69. The Hall–Kier alpha value is -1.99. The average molecular weight is 309 g/mol. The van der Waals surface area contributed by atoms with Gasteiger partial charge in [-0.05, 0) is 30.2 Å². The second kappa shape index (κ2) is 6.19. The molecule has 0 aliphatic carbocycles. The minimum atomic E-state index is -3.89. The van der Waals surface area contributed by atoms with Crippen molar-refractivity contribution in [2.75, 3.05) is 5.73 Å². The molecule has 7 heteroatoms. The van der Waals surface area contributed by atoms with Crippen LogP contribution in [0.25, 0.3) is 0 Å². The highest BCUT2D eigenvalue weighted by atomic mass is 32.2. The van der Waals surface area contributed by atoms with Gasteiger partial charge in [-0.15, -0.1) is 0 Å². The summed E-state index contributed by atoms with van der Waals surface area (Å²) < 4.78 is 40.1. The molecule has 1 aromatic heterocycles. The molecule has 0 atom stereocenters. The van der Waals surface area contributed by atoms with Gasteiger partial charge in [0.1, 0.15) is 10.7 Å². The molecule has 1 heterocycles. The van der Waals surface area contributed by atoms with Crippen LogP contribution < -0.4 is 10.5 Å². The van der Waals surface area contributed by atoms with Crippen LogP contribution in [-0.2, 0) is 23.0 Å². The van der Waals surface area contributed by atoms with E-state index in [0.29, 0.717) is 5.69 Å². The van der Waals surface area contributed by atoms with Crippen LogP contribution >= 0.6 is 0 Å². The number of anilines is 1. The first-order valence-electron chi connectivity index (χ1n) is 6.42. The molecule has 0 bridgehead atoms. The molecule has 0 radical (unpaired) electrons. The Morgan fingerprint density at radius 1 is 1.29 bits per heavy atom. The lowest BCUT2D eigenvalue weighted by Gasteiger charge is -2.11. The zero-order valence-electron chi connectivity index (χ0n) is 11.5. The Kier molecular flexibility index (Phi) is 4.54. The highest BCUT2D eigenvalue weighted by molar-refractivity contribution is 7.89. The van der Waals surface area contributed by atoms with E-state index in [9.17, 15) is 12.8 Å². The molecule has 0 spiro atoms. The molecule has 1 aromatic carbocycles. The number of aryl methyl sites for hydroxylation is 1. The lowest BCUT2D eigenvalue weighted by atomic mass is 10.1. The Bertz CT molecular complexity index is 748. The van der Waals surface area contributed by atoms with Gasteiger partial charge in [0, 0.05) is 6.20 Å². The molecule has 21 heavy (non-hydrogen) atoms. The molecule has 0 fully saturated rings. The first kappa shape index (κ1) is 15.4. The minimum absolute atomic E-state index is 0.0301. The van der Waals surface area contributed by atoms with E-state index in [0.717, 1.165) is 18.1 Å². The molecular weight excluding hydrogens is 293 g/mol. The summed E-state index contributed by atoms with van der Waals surface area (Å²) in [7, 11) is -3.89. The summed E-state index contributed by atoms with van der Waals surface area (Å²) in [5.74, 6) is -0.759. The molecule has 0 amide bonds. The zero-order valence-corrected chi connectivity index (χ0v) is 12.3. The summed E-state index contributed by atoms with van der Waals surface area (Å²) in [6.45, 7) is 1.99. The van der Waals surface area contributed by atoms with Gasteiger partial charge in [-0.3, -0.25) is 4.98 Å². The zero-order chi connectivity index (χ0) is 15.5. The molecule has 5 nitrogen and oxygen atoms in total. The van der Waals surface area contributed by atoms with Crippen molar-refractivity contribution in [2.45, 2.75) is 24.8 Å². The Morgan fingerprint density at radius 2 is 2.05 bits per heavy atom. The number of nitrogen functional groups attached to an aromatic ring is 1. The van der Waals surface area contributed by atoms with Gasteiger partial charge in [-0.1, -0.05) is 19.1 Å². The van der Waals surface area contributed by atoms with Gasteiger partial charge in [0.15, 0.2) is 0 Å². The van der Waals surface area contributed by atoms with Crippen LogP contribution in [0.3, 0.4) is 0 Å². The van der Waals surface area contributed by atoms with Crippen LogP contribution in [0.15, 0.2) is 41.4 Å². The maximum Gasteiger partial charge on any atom is 0.243 e. The molecule has 112 valence electrons. The van der Waals surface area contributed by atoms with E-state index in [1.807, 2.05) is 13.0 Å².